The predicted molar refractivity (Wildman–Crippen MR) is 330 cm³/mol. The fourth-order valence-corrected chi connectivity index (χ4v) is 9.27. The van der Waals surface area contributed by atoms with Crippen molar-refractivity contribution in [2.75, 3.05) is 13.2 Å². The summed E-state index contributed by atoms with van der Waals surface area (Å²) in [5.41, 5.74) is 0. The Labute approximate surface area is 471 Å². The minimum Gasteiger partial charge on any atom is -0.462 e. The van der Waals surface area contributed by atoms with E-state index in [4.69, 9.17) is 14.2 Å². The molecule has 6 heteroatoms. The number of esters is 3. The van der Waals surface area contributed by atoms with Crippen LogP contribution in [0, 0.1) is 0 Å². The molecular formula is C70H122O6. The molecule has 1 atom stereocenters. The molecule has 0 aromatic carbocycles. The first-order valence-corrected chi connectivity index (χ1v) is 32.6. The van der Waals surface area contributed by atoms with E-state index in [2.05, 4.69) is 106 Å². The Hall–Kier alpha value is -3.41. The van der Waals surface area contributed by atoms with Crippen LogP contribution in [0.2, 0.25) is 0 Å². The first-order chi connectivity index (χ1) is 37.5. The monoisotopic (exact) mass is 1060 g/mol. The van der Waals surface area contributed by atoms with E-state index in [0.717, 1.165) is 103 Å². The molecular weight excluding hydrogens is 937 g/mol. The highest BCUT2D eigenvalue weighted by molar-refractivity contribution is 5.71. The van der Waals surface area contributed by atoms with Gasteiger partial charge < -0.3 is 14.2 Å². The minimum absolute atomic E-state index is 0.0770. The molecule has 76 heavy (non-hydrogen) atoms. The quantitative estimate of drug-likeness (QED) is 0.0261. The molecule has 6 nitrogen and oxygen atoms in total. The van der Waals surface area contributed by atoms with E-state index in [9.17, 15) is 14.4 Å². The van der Waals surface area contributed by atoms with Crippen molar-refractivity contribution in [3.8, 4) is 0 Å². The molecule has 0 saturated heterocycles. The van der Waals surface area contributed by atoms with Gasteiger partial charge >= 0.3 is 17.9 Å². The van der Waals surface area contributed by atoms with Crippen LogP contribution in [0.4, 0.5) is 0 Å². The second kappa shape index (κ2) is 64.1. The van der Waals surface area contributed by atoms with Gasteiger partial charge in [0.2, 0.25) is 0 Å². The number of ether oxygens (including phenoxy) is 3. The zero-order valence-corrected chi connectivity index (χ0v) is 50.3. The van der Waals surface area contributed by atoms with Gasteiger partial charge in [-0.3, -0.25) is 14.4 Å². The van der Waals surface area contributed by atoms with Gasteiger partial charge in [-0.15, -0.1) is 0 Å². The summed E-state index contributed by atoms with van der Waals surface area (Å²) in [5, 5.41) is 0. The van der Waals surface area contributed by atoms with Crippen LogP contribution in [0.5, 0.6) is 0 Å². The molecule has 0 aromatic rings. The number of allylic oxidation sites excluding steroid dienone is 14. The van der Waals surface area contributed by atoms with E-state index >= 15 is 0 Å². The van der Waals surface area contributed by atoms with E-state index < -0.39 is 6.10 Å². The first-order valence-electron chi connectivity index (χ1n) is 32.6. The maximum atomic E-state index is 12.9. The maximum Gasteiger partial charge on any atom is 0.306 e. The lowest BCUT2D eigenvalue weighted by Gasteiger charge is -2.18. The highest BCUT2D eigenvalue weighted by Crippen LogP contribution is 2.16. The summed E-state index contributed by atoms with van der Waals surface area (Å²) in [7, 11) is 0. The van der Waals surface area contributed by atoms with Gasteiger partial charge in [-0.2, -0.15) is 0 Å². The molecule has 0 N–H and O–H groups in total. The molecule has 0 rings (SSSR count). The first kappa shape index (κ1) is 72.6. The highest BCUT2D eigenvalue weighted by atomic mass is 16.6. The Balaban J connectivity index is 4.25. The number of unbranched alkanes of at least 4 members (excludes halogenated alkanes) is 34. The Kier molecular flexibility index (Phi) is 61.2. The lowest BCUT2D eigenvalue weighted by atomic mass is 10.0. The zero-order chi connectivity index (χ0) is 55.0. The van der Waals surface area contributed by atoms with E-state index in [-0.39, 0.29) is 31.1 Å². The number of rotatable bonds is 59. The fourth-order valence-electron chi connectivity index (χ4n) is 9.27. The van der Waals surface area contributed by atoms with Crippen LogP contribution in [-0.2, 0) is 28.6 Å². The molecule has 438 valence electrons. The highest BCUT2D eigenvalue weighted by Gasteiger charge is 2.19. The van der Waals surface area contributed by atoms with Gasteiger partial charge in [0.05, 0.1) is 0 Å². The van der Waals surface area contributed by atoms with Crippen molar-refractivity contribution in [2.45, 2.75) is 329 Å². The molecule has 0 spiro atoms. The van der Waals surface area contributed by atoms with Crippen LogP contribution in [0.25, 0.3) is 0 Å². The molecule has 0 bridgehead atoms. The molecule has 0 saturated carbocycles. The number of carbonyl (C=O) groups is 3. The van der Waals surface area contributed by atoms with Crippen LogP contribution in [0.3, 0.4) is 0 Å². The van der Waals surface area contributed by atoms with Crippen LogP contribution in [-0.4, -0.2) is 37.2 Å². The van der Waals surface area contributed by atoms with Crippen molar-refractivity contribution in [1.29, 1.82) is 0 Å². The molecule has 1 unspecified atom stereocenters. The van der Waals surface area contributed by atoms with Crippen LogP contribution < -0.4 is 0 Å². The van der Waals surface area contributed by atoms with Gasteiger partial charge in [0.25, 0.3) is 0 Å². The predicted octanol–water partition coefficient (Wildman–Crippen LogP) is 22.3. The van der Waals surface area contributed by atoms with Crippen molar-refractivity contribution >= 4 is 17.9 Å². The Morgan fingerprint density at radius 1 is 0.276 bits per heavy atom. The summed E-state index contributed by atoms with van der Waals surface area (Å²) in [5.74, 6) is -0.875. The van der Waals surface area contributed by atoms with Crippen LogP contribution >= 0.6 is 0 Å². The van der Waals surface area contributed by atoms with E-state index in [1.54, 1.807) is 0 Å². The molecule has 0 fully saturated rings. The van der Waals surface area contributed by atoms with Crippen LogP contribution in [0.15, 0.2) is 85.1 Å². The molecule has 0 aliphatic carbocycles. The molecule has 0 radical (unpaired) electrons. The second-order valence-corrected chi connectivity index (χ2v) is 21.6. The fraction of sp³-hybridized carbons (Fsp3) is 0.757. The third-order valence-electron chi connectivity index (χ3n) is 14.1. The number of carbonyl (C=O) groups excluding carboxylic acids is 3. The SMILES string of the molecule is CC/C=C\C/C=C\C/C=C\C/C=C\CCCCCCCCCCCCCCC(=O)OCC(COC(=O)CCCCCCCCCCCC)OC(=O)CCCCCCCCCC/C=C\C/C=C\C/C=C\CCCCCCC. The summed E-state index contributed by atoms with van der Waals surface area (Å²) in [6, 6.07) is 0. The minimum atomic E-state index is -0.780. The van der Waals surface area contributed by atoms with E-state index in [1.807, 2.05) is 0 Å². The normalized spacial score (nSPS) is 12.6. The Morgan fingerprint density at radius 3 is 0.803 bits per heavy atom. The third-order valence-corrected chi connectivity index (χ3v) is 14.1. The van der Waals surface area contributed by atoms with Crippen LogP contribution in [0.1, 0.15) is 323 Å². The van der Waals surface area contributed by atoms with Gasteiger partial charge in [-0.05, 0) is 96.3 Å². The van der Waals surface area contributed by atoms with Gasteiger partial charge in [0.1, 0.15) is 13.2 Å². The van der Waals surface area contributed by atoms with Gasteiger partial charge in [0.15, 0.2) is 6.10 Å². The topological polar surface area (TPSA) is 78.9 Å². The molecule has 0 aliphatic rings. The number of hydrogen-bond donors (Lipinski definition) is 0. The number of hydrogen-bond acceptors (Lipinski definition) is 6. The van der Waals surface area contributed by atoms with Gasteiger partial charge in [-0.1, -0.05) is 292 Å². The summed E-state index contributed by atoms with van der Waals surface area (Å²) in [6.45, 7) is 6.53. The maximum absolute atomic E-state index is 12.9. The summed E-state index contributed by atoms with van der Waals surface area (Å²) in [4.78, 5) is 38.3. The molecule has 0 aliphatic heterocycles. The van der Waals surface area contributed by atoms with Gasteiger partial charge in [0, 0.05) is 19.3 Å². The lowest BCUT2D eigenvalue weighted by Crippen LogP contribution is -2.30. The van der Waals surface area contributed by atoms with Gasteiger partial charge in [-0.25, -0.2) is 0 Å². The largest absolute Gasteiger partial charge is 0.462 e. The summed E-state index contributed by atoms with van der Waals surface area (Å²) >= 11 is 0. The summed E-state index contributed by atoms with van der Waals surface area (Å²) in [6.07, 6.45) is 84.5. The summed E-state index contributed by atoms with van der Waals surface area (Å²) < 4.78 is 16.9. The molecule has 0 aromatic heterocycles. The molecule has 0 amide bonds. The van der Waals surface area contributed by atoms with E-state index in [0.29, 0.717) is 19.3 Å². The molecule has 0 heterocycles. The van der Waals surface area contributed by atoms with E-state index in [1.165, 1.54) is 180 Å². The van der Waals surface area contributed by atoms with Crippen molar-refractivity contribution in [3.63, 3.8) is 0 Å². The lowest BCUT2D eigenvalue weighted by molar-refractivity contribution is -0.167. The van der Waals surface area contributed by atoms with Crippen molar-refractivity contribution < 1.29 is 28.6 Å². The smallest absolute Gasteiger partial charge is 0.306 e. The Bertz CT molecular complexity index is 1450. The standard InChI is InChI=1S/C70H122O6/c1-4-7-10-13-16-19-22-24-26-28-30-32-34-35-37-38-40-42-44-46-48-51-54-57-60-63-69(72)75-66-67(65-74-68(71)62-59-56-53-50-21-18-15-12-9-6-3)76-70(73)64-61-58-55-52-49-47-45-43-41-39-36-33-31-29-27-25-23-20-17-14-11-8-5-2/h7,10,16,19,23-26,29-32,36,39,67H,4-6,8-9,11-15,17-18,20-22,27-28,33-35,37-38,40-66H2,1-3H3/b10-7-,19-16-,25-23-,26-24-,31-29-,32-30-,39-36-. The van der Waals surface area contributed by atoms with Crippen molar-refractivity contribution in [1.82, 2.24) is 0 Å². The average molecular weight is 1060 g/mol. The zero-order valence-electron chi connectivity index (χ0n) is 50.3. The van der Waals surface area contributed by atoms with Crippen molar-refractivity contribution in [3.05, 3.63) is 85.1 Å². The Morgan fingerprint density at radius 2 is 0.513 bits per heavy atom. The average Bonchev–Trinajstić information content (AvgIpc) is 3.42. The second-order valence-electron chi connectivity index (χ2n) is 21.6. The van der Waals surface area contributed by atoms with Crippen molar-refractivity contribution in [2.24, 2.45) is 0 Å². The third kappa shape index (κ3) is 61.4.